The van der Waals surface area contributed by atoms with Crippen LogP contribution < -0.4 is 10.6 Å². The van der Waals surface area contributed by atoms with Crippen LogP contribution in [-0.2, 0) is 4.79 Å². The second-order valence-electron chi connectivity index (χ2n) is 6.46. The maximum Gasteiger partial charge on any atom is 0.237 e. The van der Waals surface area contributed by atoms with Gasteiger partial charge in [-0.2, -0.15) is 0 Å². The molecule has 2 atom stereocenters. The molecule has 2 N–H and O–H groups in total. The van der Waals surface area contributed by atoms with Crippen molar-refractivity contribution in [1.82, 2.24) is 10.6 Å². The van der Waals surface area contributed by atoms with Gasteiger partial charge in [0.1, 0.15) is 0 Å². The van der Waals surface area contributed by atoms with E-state index >= 15 is 0 Å². The molecule has 1 aromatic carbocycles. The van der Waals surface area contributed by atoms with Gasteiger partial charge in [0, 0.05) is 0 Å². The molecule has 1 aromatic rings. The highest BCUT2D eigenvalue weighted by Gasteiger charge is 2.23. The average molecular weight is 288 g/mol. The Balaban J connectivity index is 2.02. The molecule has 1 amide bonds. The molecule has 2 unspecified atom stereocenters. The molecular formula is C18H28N2O. The van der Waals surface area contributed by atoms with Crippen LogP contribution in [0.4, 0.5) is 0 Å². The van der Waals surface area contributed by atoms with E-state index in [2.05, 4.69) is 36.6 Å². The average Bonchev–Trinajstić information content (AvgIpc) is 2.76. The third kappa shape index (κ3) is 5.16. The minimum Gasteiger partial charge on any atom is -0.348 e. The van der Waals surface area contributed by atoms with Crippen LogP contribution in [-0.4, -0.2) is 18.5 Å². The quantitative estimate of drug-likeness (QED) is 0.871. The Hall–Kier alpha value is -1.35. The van der Waals surface area contributed by atoms with Gasteiger partial charge in [0.15, 0.2) is 0 Å². The Bertz CT molecular complexity index is 422. The summed E-state index contributed by atoms with van der Waals surface area (Å²) < 4.78 is 0. The van der Waals surface area contributed by atoms with Gasteiger partial charge >= 0.3 is 0 Å². The minimum absolute atomic E-state index is 0.0223. The summed E-state index contributed by atoms with van der Waals surface area (Å²) in [6.07, 6.45) is 5.48. The summed E-state index contributed by atoms with van der Waals surface area (Å²) in [6.45, 7) is 5.36. The van der Waals surface area contributed by atoms with E-state index in [1.807, 2.05) is 18.2 Å². The number of carbonyl (C=O) groups excluding carboxylic acids is 1. The third-order valence-corrected chi connectivity index (χ3v) is 4.10. The summed E-state index contributed by atoms with van der Waals surface area (Å²) in [7, 11) is 0. The molecule has 116 valence electrons. The van der Waals surface area contributed by atoms with Crippen LogP contribution in [0, 0.1) is 5.92 Å². The largest absolute Gasteiger partial charge is 0.348 e. The van der Waals surface area contributed by atoms with E-state index < -0.39 is 0 Å². The number of nitrogens with one attached hydrogen (secondary N) is 2. The minimum atomic E-state index is -0.0223. The first-order valence-electron chi connectivity index (χ1n) is 8.25. The van der Waals surface area contributed by atoms with Crippen molar-refractivity contribution in [2.75, 3.05) is 6.54 Å². The van der Waals surface area contributed by atoms with Crippen molar-refractivity contribution in [3.63, 3.8) is 0 Å². The Kier molecular flexibility index (Phi) is 6.24. The third-order valence-electron chi connectivity index (χ3n) is 4.10. The lowest BCUT2D eigenvalue weighted by atomic mass is 9.96. The Morgan fingerprint density at radius 3 is 2.71 bits per heavy atom. The van der Waals surface area contributed by atoms with Crippen LogP contribution in [0.2, 0.25) is 0 Å². The van der Waals surface area contributed by atoms with E-state index in [0.29, 0.717) is 5.92 Å². The van der Waals surface area contributed by atoms with E-state index in [1.165, 1.54) is 18.4 Å². The van der Waals surface area contributed by atoms with Crippen molar-refractivity contribution in [3.05, 3.63) is 35.9 Å². The predicted molar refractivity (Wildman–Crippen MR) is 87.0 cm³/mol. The van der Waals surface area contributed by atoms with E-state index in [9.17, 15) is 4.79 Å². The zero-order valence-corrected chi connectivity index (χ0v) is 13.3. The highest BCUT2D eigenvalue weighted by Crippen LogP contribution is 2.21. The van der Waals surface area contributed by atoms with E-state index in [1.54, 1.807) is 0 Å². The smallest absolute Gasteiger partial charge is 0.237 e. The molecule has 0 aliphatic carbocycles. The molecule has 3 nitrogen and oxygen atoms in total. The van der Waals surface area contributed by atoms with Crippen molar-refractivity contribution in [2.45, 2.75) is 58.0 Å². The normalized spacial score (nSPS) is 20.8. The maximum absolute atomic E-state index is 12.5. The monoisotopic (exact) mass is 288 g/mol. The lowest BCUT2D eigenvalue weighted by Crippen LogP contribution is -2.45. The standard InChI is InChI=1S/C18H28N2O/c1-14(2)13-17(15-9-5-3-6-10-15)20-18(21)16-11-7-4-8-12-19-16/h3,5-6,9-10,14,16-17,19H,4,7-8,11-13H2,1-2H3,(H,20,21). The number of benzene rings is 1. The van der Waals surface area contributed by atoms with Crippen molar-refractivity contribution in [3.8, 4) is 0 Å². The Morgan fingerprint density at radius 1 is 1.24 bits per heavy atom. The van der Waals surface area contributed by atoms with Gasteiger partial charge in [0.05, 0.1) is 12.1 Å². The fourth-order valence-electron chi connectivity index (χ4n) is 2.96. The van der Waals surface area contributed by atoms with E-state index in [-0.39, 0.29) is 18.0 Å². The van der Waals surface area contributed by atoms with Crippen LogP contribution >= 0.6 is 0 Å². The van der Waals surface area contributed by atoms with Gasteiger partial charge in [-0.05, 0) is 37.3 Å². The second kappa shape index (κ2) is 8.18. The topological polar surface area (TPSA) is 41.1 Å². The summed E-state index contributed by atoms with van der Waals surface area (Å²) >= 11 is 0. The molecule has 21 heavy (non-hydrogen) atoms. The predicted octanol–water partition coefficient (Wildman–Crippen LogP) is 3.42. The summed E-state index contributed by atoms with van der Waals surface area (Å²) in [5.41, 5.74) is 1.20. The van der Waals surface area contributed by atoms with Crippen molar-refractivity contribution in [1.29, 1.82) is 0 Å². The van der Waals surface area contributed by atoms with Crippen molar-refractivity contribution >= 4 is 5.91 Å². The lowest BCUT2D eigenvalue weighted by Gasteiger charge is -2.24. The summed E-state index contributed by atoms with van der Waals surface area (Å²) in [6, 6.07) is 10.4. The zero-order chi connectivity index (χ0) is 15.1. The van der Waals surface area contributed by atoms with Gasteiger partial charge < -0.3 is 10.6 Å². The molecule has 2 rings (SSSR count). The van der Waals surface area contributed by atoms with Gasteiger partial charge in [-0.1, -0.05) is 57.0 Å². The fraction of sp³-hybridized carbons (Fsp3) is 0.611. The van der Waals surface area contributed by atoms with Crippen LogP contribution in [0.3, 0.4) is 0 Å². The van der Waals surface area contributed by atoms with E-state index in [0.717, 1.165) is 25.8 Å². The number of hydrogen-bond donors (Lipinski definition) is 2. The first-order valence-corrected chi connectivity index (χ1v) is 8.25. The molecule has 0 bridgehead atoms. The molecule has 1 fully saturated rings. The molecule has 1 heterocycles. The molecule has 0 saturated carbocycles. The van der Waals surface area contributed by atoms with Gasteiger partial charge in [0.25, 0.3) is 0 Å². The number of rotatable bonds is 5. The fourth-order valence-corrected chi connectivity index (χ4v) is 2.96. The molecular weight excluding hydrogens is 260 g/mol. The van der Waals surface area contributed by atoms with Crippen LogP contribution in [0.15, 0.2) is 30.3 Å². The van der Waals surface area contributed by atoms with Gasteiger partial charge in [-0.25, -0.2) is 0 Å². The molecule has 0 aromatic heterocycles. The molecule has 0 spiro atoms. The highest BCUT2D eigenvalue weighted by molar-refractivity contribution is 5.82. The first kappa shape index (κ1) is 16.0. The second-order valence-corrected chi connectivity index (χ2v) is 6.46. The van der Waals surface area contributed by atoms with Crippen LogP contribution in [0.5, 0.6) is 0 Å². The molecule has 1 aliphatic heterocycles. The lowest BCUT2D eigenvalue weighted by molar-refractivity contribution is -0.124. The number of carbonyl (C=O) groups is 1. The number of hydrogen-bond acceptors (Lipinski definition) is 2. The molecule has 3 heteroatoms. The molecule has 1 saturated heterocycles. The van der Waals surface area contributed by atoms with Crippen LogP contribution in [0.1, 0.15) is 57.6 Å². The van der Waals surface area contributed by atoms with Gasteiger partial charge in [-0.3, -0.25) is 4.79 Å². The van der Waals surface area contributed by atoms with Crippen molar-refractivity contribution in [2.24, 2.45) is 5.92 Å². The zero-order valence-electron chi connectivity index (χ0n) is 13.3. The number of amides is 1. The SMILES string of the molecule is CC(C)CC(NC(=O)C1CCCCCN1)c1ccccc1. The summed E-state index contributed by atoms with van der Waals surface area (Å²) in [4.78, 5) is 12.5. The summed E-state index contributed by atoms with van der Waals surface area (Å²) in [5, 5.41) is 6.64. The highest BCUT2D eigenvalue weighted by atomic mass is 16.2. The van der Waals surface area contributed by atoms with E-state index in [4.69, 9.17) is 0 Å². The Morgan fingerprint density at radius 2 is 2.00 bits per heavy atom. The van der Waals surface area contributed by atoms with Crippen LogP contribution in [0.25, 0.3) is 0 Å². The maximum atomic E-state index is 12.5. The van der Waals surface area contributed by atoms with Gasteiger partial charge in [-0.15, -0.1) is 0 Å². The first-order chi connectivity index (χ1) is 10.2. The van der Waals surface area contributed by atoms with Gasteiger partial charge in [0.2, 0.25) is 5.91 Å². The Labute approximate surface area is 128 Å². The molecule has 0 radical (unpaired) electrons. The summed E-state index contributed by atoms with van der Waals surface area (Å²) in [5.74, 6) is 0.712. The van der Waals surface area contributed by atoms with Crippen molar-refractivity contribution < 1.29 is 4.79 Å². The molecule has 1 aliphatic rings.